The number of ether oxygens (including phenoxy) is 1. The highest BCUT2D eigenvalue weighted by molar-refractivity contribution is 9.10. The first-order valence-corrected chi connectivity index (χ1v) is 9.26. The number of hydrogen-bond acceptors (Lipinski definition) is 4. The number of carbonyl (C=O) groups is 2. The number of nitrogens with zero attached hydrogens (tertiary/aromatic N) is 4. The molecule has 0 saturated carbocycles. The Kier molecular flexibility index (Phi) is 5.61. The molecule has 1 aromatic carbocycles. The van der Waals surface area contributed by atoms with Crippen LogP contribution in [0, 0.1) is 0 Å². The van der Waals surface area contributed by atoms with Crippen LogP contribution in [0.15, 0.2) is 41.0 Å². The van der Waals surface area contributed by atoms with Crippen LogP contribution in [-0.4, -0.2) is 63.7 Å². The van der Waals surface area contributed by atoms with Crippen molar-refractivity contribution >= 4 is 27.7 Å². The molecular formula is C18H21BrN4O3. The van der Waals surface area contributed by atoms with Crippen molar-refractivity contribution in [2.75, 3.05) is 26.2 Å². The van der Waals surface area contributed by atoms with Gasteiger partial charge in [-0.1, -0.05) is 18.2 Å². The van der Waals surface area contributed by atoms with Crippen molar-refractivity contribution in [1.82, 2.24) is 19.6 Å². The molecule has 0 aliphatic carbocycles. The molecule has 138 valence electrons. The lowest BCUT2D eigenvalue weighted by atomic mass is 10.2. The Morgan fingerprint density at radius 1 is 1.12 bits per heavy atom. The molecule has 1 aliphatic rings. The van der Waals surface area contributed by atoms with Crippen molar-refractivity contribution in [2.45, 2.75) is 20.0 Å². The summed E-state index contributed by atoms with van der Waals surface area (Å²) in [6.45, 7) is 5.41. The van der Waals surface area contributed by atoms with Gasteiger partial charge in [-0.2, -0.15) is 0 Å². The third-order valence-corrected chi connectivity index (χ3v) is 4.88. The molecular weight excluding hydrogens is 400 g/mol. The van der Waals surface area contributed by atoms with Crippen LogP contribution in [0.5, 0.6) is 5.88 Å². The Bertz CT molecular complexity index is 785. The van der Waals surface area contributed by atoms with E-state index >= 15 is 0 Å². The van der Waals surface area contributed by atoms with Crippen molar-refractivity contribution in [3.63, 3.8) is 0 Å². The smallest absolute Gasteiger partial charge is 0.263 e. The van der Waals surface area contributed by atoms with Gasteiger partial charge in [0.2, 0.25) is 11.8 Å². The van der Waals surface area contributed by atoms with E-state index in [0.717, 1.165) is 5.69 Å². The number of carbonyl (C=O) groups excluding carboxylic acids is 2. The second kappa shape index (κ2) is 7.90. The molecule has 1 atom stereocenters. The molecule has 1 aliphatic heterocycles. The van der Waals surface area contributed by atoms with Gasteiger partial charge in [-0.05, 0) is 35.0 Å². The number of halogens is 1. The van der Waals surface area contributed by atoms with Crippen LogP contribution in [0.2, 0.25) is 0 Å². The molecule has 7 nitrogen and oxygen atoms in total. The molecule has 26 heavy (non-hydrogen) atoms. The first-order valence-electron chi connectivity index (χ1n) is 8.47. The van der Waals surface area contributed by atoms with E-state index in [-0.39, 0.29) is 11.8 Å². The minimum Gasteiger partial charge on any atom is -0.463 e. The second-order valence-corrected chi connectivity index (χ2v) is 7.01. The Labute approximate surface area is 160 Å². The van der Waals surface area contributed by atoms with Crippen LogP contribution in [0.1, 0.15) is 13.8 Å². The summed E-state index contributed by atoms with van der Waals surface area (Å²) in [5.74, 6) is 0.309. The summed E-state index contributed by atoms with van der Waals surface area (Å²) in [6.07, 6.45) is 1.14. The summed E-state index contributed by atoms with van der Waals surface area (Å²) in [5.41, 5.74) is 0.905. The number of aromatic nitrogens is 2. The maximum atomic E-state index is 12.6. The van der Waals surface area contributed by atoms with Gasteiger partial charge < -0.3 is 14.5 Å². The van der Waals surface area contributed by atoms with Crippen molar-refractivity contribution < 1.29 is 14.3 Å². The lowest BCUT2D eigenvalue weighted by Gasteiger charge is -2.35. The zero-order valence-corrected chi connectivity index (χ0v) is 16.3. The predicted octanol–water partition coefficient (Wildman–Crippen LogP) is 2.09. The van der Waals surface area contributed by atoms with Crippen molar-refractivity contribution in [1.29, 1.82) is 0 Å². The lowest BCUT2D eigenvalue weighted by Crippen LogP contribution is -2.52. The molecule has 0 N–H and O–H groups in total. The summed E-state index contributed by atoms with van der Waals surface area (Å²) in [4.78, 5) is 27.5. The minimum atomic E-state index is -0.658. The average molecular weight is 421 g/mol. The van der Waals surface area contributed by atoms with Crippen molar-refractivity contribution in [3.8, 4) is 11.6 Å². The number of para-hydroxylation sites is 1. The van der Waals surface area contributed by atoms with Crippen LogP contribution in [0.4, 0.5) is 0 Å². The second-order valence-electron chi connectivity index (χ2n) is 6.15. The molecule has 0 bridgehead atoms. The van der Waals surface area contributed by atoms with Crippen molar-refractivity contribution in [3.05, 3.63) is 41.0 Å². The van der Waals surface area contributed by atoms with Crippen LogP contribution >= 0.6 is 15.9 Å². The monoisotopic (exact) mass is 420 g/mol. The van der Waals surface area contributed by atoms with Gasteiger partial charge in [0.1, 0.15) is 0 Å². The minimum absolute atomic E-state index is 0.0387. The fourth-order valence-corrected chi connectivity index (χ4v) is 3.21. The first-order chi connectivity index (χ1) is 12.5. The van der Waals surface area contributed by atoms with Gasteiger partial charge >= 0.3 is 0 Å². The number of amides is 2. The first kappa shape index (κ1) is 18.4. The number of rotatable bonds is 4. The molecule has 2 heterocycles. The molecule has 3 rings (SSSR count). The molecule has 1 fully saturated rings. The molecule has 0 radical (unpaired) electrons. The molecule has 2 amide bonds. The summed E-state index contributed by atoms with van der Waals surface area (Å²) in [7, 11) is 0. The van der Waals surface area contributed by atoms with Crippen LogP contribution in [-0.2, 0) is 9.59 Å². The zero-order chi connectivity index (χ0) is 18.7. The highest BCUT2D eigenvalue weighted by atomic mass is 79.9. The normalized spacial score (nSPS) is 15.7. The number of benzene rings is 1. The molecule has 2 aromatic rings. The van der Waals surface area contributed by atoms with E-state index < -0.39 is 6.10 Å². The van der Waals surface area contributed by atoms with E-state index in [1.165, 1.54) is 0 Å². The fraction of sp³-hybridized carbons (Fsp3) is 0.389. The van der Waals surface area contributed by atoms with Gasteiger partial charge in [0, 0.05) is 39.3 Å². The Morgan fingerprint density at radius 3 is 2.35 bits per heavy atom. The highest BCUT2D eigenvalue weighted by Crippen LogP contribution is 2.25. The van der Waals surface area contributed by atoms with Crippen LogP contribution in [0.25, 0.3) is 5.69 Å². The zero-order valence-electron chi connectivity index (χ0n) is 14.8. The fourth-order valence-electron chi connectivity index (χ4n) is 2.85. The van der Waals surface area contributed by atoms with E-state index in [1.54, 1.807) is 34.5 Å². The van der Waals surface area contributed by atoms with Gasteiger partial charge in [0.05, 0.1) is 10.2 Å². The summed E-state index contributed by atoms with van der Waals surface area (Å²) in [6, 6.07) is 9.67. The third kappa shape index (κ3) is 4.07. The van der Waals surface area contributed by atoms with Gasteiger partial charge in [-0.3, -0.25) is 9.59 Å². The Morgan fingerprint density at radius 2 is 1.73 bits per heavy atom. The van der Waals surface area contributed by atoms with E-state index in [0.29, 0.717) is 36.5 Å². The summed E-state index contributed by atoms with van der Waals surface area (Å²) in [5, 5.41) is 4.41. The standard InChI is InChI=1S/C18H21BrN4O3/c1-13(18(25)22-10-8-21(9-11-22)14(2)24)26-17-16(19)12-23(20-17)15-6-4-3-5-7-15/h3-7,12-13H,8-11H2,1-2H3/t13-/m0/s1. The van der Waals surface area contributed by atoms with E-state index in [2.05, 4.69) is 21.0 Å². The molecule has 1 saturated heterocycles. The highest BCUT2D eigenvalue weighted by Gasteiger charge is 2.27. The van der Waals surface area contributed by atoms with E-state index in [4.69, 9.17) is 4.74 Å². The topological polar surface area (TPSA) is 67.7 Å². The van der Waals surface area contributed by atoms with Crippen LogP contribution in [0.3, 0.4) is 0 Å². The SMILES string of the molecule is CC(=O)N1CCN(C(=O)[C@H](C)Oc2nn(-c3ccccc3)cc2Br)CC1. The van der Waals surface area contributed by atoms with E-state index in [1.807, 2.05) is 30.3 Å². The molecule has 0 spiro atoms. The molecule has 1 aromatic heterocycles. The van der Waals surface area contributed by atoms with Gasteiger partial charge in [0.25, 0.3) is 5.91 Å². The molecule has 0 unspecified atom stereocenters. The van der Waals surface area contributed by atoms with E-state index in [9.17, 15) is 9.59 Å². The average Bonchev–Trinajstić information content (AvgIpc) is 3.02. The maximum Gasteiger partial charge on any atom is 0.263 e. The Hall–Kier alpha value is -2.35. The lowest BCUT2D eigenvalue weighted by molar-refractivity contribution is -0.143. The summed E-state index contributed by atoms with van der Waals surface area (Å²) >= 11 is 3.43. The van der Waals surface area contributed by atoms with Gasteiger partial charge in [-0.25, -0.2) is 4.68 Å². The van der Waals surface area contributed by atoms with Crippen molar-refractivity contribution in [2.24, 2.45) is 0 Å². The number of hydrogen-bond donors (Lipinski definition) is 0. The number of piperazine rings is 1. The predicted molar refractivity (Wildman–Crippen MR) is 100 cm³/mol. The van der Waals surface area contributed by atoms with Crippen LogP contribution < -0.4 is 4.74 Å². The van der Waals surface area contributed by atoms with Gasteiger partial charge in [0.15, 0.2) is 6.10 Å². The quantitative estimate of drug-likeness (QED) is 0.759. The largest absolute Gasteiger partial charge is 0.463 e. The molecule has 8 heteroatoms. The Balaban J connectivity index is 1.63. The maximum absolute atomic E-state index is 12.6. The summed E-state index contributed by atoms with van der Waals surface area (Å²) < 4.78 is 8.17. The van der Waals surface area contributed by atoms with Gasteiger partial charge in [-0.15, -0.1) is 5.10 Å². The third-order valence-electron chi connectivity index (χ3n) is 4.33.